The Labute approximate surface area is 47.9 Å². The highest BCUT2D eigenvalue weighted by Gasteiger charge is 1.95. The van der Waals surface area contributed by atoms with E-state index in [2.05, 4.69) is 13.8 Å². The fourth-order valence-electron chi connectivity index (χ4n) is 0. The first-order valence-electron chi connectivity index (χ1n) is 2.91. The molecule has 0 unspecified atom stereocenters. The van der Waals surface area contributed by atoms with Crippen LogP contribution in [-0.2, 0) is 0 Å². The molecule has 46 valence electrons. The minimum absolute atomic E-state index is 0. The highest BCUT2D eigenvalue weighted by Crippen LogP contribution is 2.14. The molecular weight excluding hydrogens is 84.1 g/mol. The summed E-state index contributed by atoms with van der Waals surface area (Å²) in [4.78, 5) is 0. The van der Waals surface area contributed by atoms with Crippen LogP contribution in [0.2, 0.25) is 0 Å². The third-order valence-electron chi connectivity index (χ3n) is 0.354. The van der Waals surface area contributed by atoms with Crippen molar-refractivity contribution in [3.63, 3.8) is 0 Å². The smallest absolute Gasteiger partial charge is 0.0533 e. The predicted molar refractivity (Wildman–Crippen MR) is 36.5 cm³/mol. The second kappa shape index (κ2) is 9.38. The van der Waals surface area contributed by atoms with E-state index in [1.807, 2.05) is 0 Å². The van der Waals surface area contributed by atoms with Crippen molar-refractivity contribution in [3.05, 3.63) is 0 Å². The van der Waals surface area contributed by atoms with Crippen molar-refractivity contribution in [3.8, 4) is 0 Å². The Balaban J connectivity index is 0. The van der Waals surface area contributed by atoms with Crippen molar-refractivity contribution in [2.24, 2.45) is 0 Å². The first kappa shape index (κ1) is 10.1. The van der Waals surface area contributed by atoms with Gasteiger partial charge in [-0.25, -0.2) is 0 Å². The maximum Gasteiger partial charge on any atom is -0.0533 e. The molecule has 0 heterocycles. The van der Waals surface area contributed by atoms with Crippen LogP contribution in [0, 0.1) is 0 Å². The van der Waals surface area contributed by atoms with E-state index < -0.39 is 0 Å². The van der Waals surface area contributed by atoms with E-state index in [9.17, 15) is 0 Å². The summed E-state index contributed by atoms with van der Waals surface area (Å²) in [5, 5.41) is 0. The summed E-state index contributed by atoms with van der Waals surface area (Å²) in [6.07, 6.45) is 5.75. The quantitative estimate of drug-likeness (QED) is 0.440. The number of hydrogen-bond donors (Lipinski definition) is 0. The van der Waals surface area contributed by atoms with Crippen LogP contribution in [-0.4, -0.2) is 0 Å². The summed E-state index contributed by atoms with van der Waals surface area (Å²) < 4.78 is 0. The Kier molecular flexibility index (Phi) is 13.5. The summed E-state index contributed by atoms with van der Waals surface area (Å²) in [6.45, 7) is 4.25. The first-order chi connectivity index (χ1) is 2.91. The maximum atomic E-state index is 2.12. The van der Waals surface area contributed by atoms with E-state index in [1.54, 1.807) is 0 Å². The molecule has 0 aromatic rings. The molecule has 0 heteroatoms. The van der Waals surface area contributed by atoms with Crippen molar-refractivity contribution in [1.82, 2.24) is 0 Å². The van der Waals surface area contributed by atoms with E-state index in [4.69, 9.17) is 0 Å². The van der Waals surface area contributed by atoms with Crippen LogP contribution >= 0.6 is 0 Å². The lowest BCUT2D eigenvalue weighted by Gasteiger charge is -1.48. The molecule has 1 aliphatic rings. The molecule has 7 heavy (non-hydrogen) atoms. The van der Waals surface area contributed by atoms with Gasteiger partial charge in [0.15, 0.2) is 0 Å². The SMILES string of the molecule is C.C1CC1.CCC. The summed E-state index contributed by atoms with van der Waals surface area (Å²) in [6, 6.07) is 0. The van der Waals surface area contributed by atoms with Gasteiger partial charge >= 0.3 is 0 Å². The van der Waals surface area contributed by atoms with Crippen LogP contribution < -0.4 is 0 Å². The minimum Gasteiger partial charge on any atom is -0.0776 e. The summed E-state index contributed by atoms with van der Waals surface area (Å²) in [7, 11) is 0. The van der Waals surface area contributed by atoms with Gasteiger partial charge in [-0.15, -0.1) is 0 Å². The highest BCUT2D eigenvalue weighted by molar-refractivity contribution is 4.50. The molecule has 0 spiro atoms. The molecule has 0 N–H and O–H groups in total. The molecule has 0 radical (unpaired) electrons. The van der Waals surface area contributed by atoms with Gasteiger partial charge in [0, 0.05) is 0 Å². The molecule has 0 aromatic heterocycles. The number of hydrogen-bond acceptors (Lipinski definition) is 0. The standard InChI is InChI=1S/C3H6.C3H8.CH4/c1-2-3-1;1-3-2;/h1-3H2;3H2,1-2H3;1H4. The minimum atomic E-state index is 0. The van der Waals surface area contributed by atoms with Crippen LogP contribution in [0.4, 0.5) is 0 Å². The van der Waals surface area contributed by atoms with Gasteiger partial charge in [-0.1, -0.05) is 47.0 Å². The highest BCUT2D eigenvalue weighted by atomic mass is 14.0. The monoisotopic (exact) mass is 102 g/mol. The molecular formula is C7H18. The lowest BCUT2D eigenvalue weighted by atomic mass is 10.6. The van der Waals surface area contributed by atoms with Crippen LogP contribution in [0.15, 0.2) is 0 Å². The van der Waals surface area contributed by atoms with E-state index in [-0.39, 0.29) is 7.43 Å². The van der Waals surface area contributed by atoms with E-state index in [1.165, 1.54) is 25.7 Å². The molecule has 0 nitrogen and oxygen atoms in total. The summed E-state index contributed by atoms with van der Waals surface area (Å²) in [5.74, 6) is 0. The second-order valence-electron chi connectivity index (χ2n) is 1.77. The molecule has 0 aromatic carbocycles. The molecule has 0 saturated heterocycles. The zero-order chi connectivity index (χ0) is 4.83. The van der Waals surface area contributed by atoms with Gasteiger partial charge in [0.1, 0.15) is 0 Å². The molecule has 1 saturated carbocycles. The van der Waals surface area contributed by atoms with E-state index in [0.29, 0.717) is 0 Å². The van der Waals surface area contributed by atoms with Crippen molar-refractivity contribution >= 4 is 0 Å². The molecule has 0 amide bonds. The maximum absolute atomic E-state index is 2.12. The lowest BCUT2D eigenvalue weighted by molar-refractivity contribution is 1.09. The van der Waals surface area contributed by atoms with Crippen LogP contribution in [0.3, 0.4) is 0 Å². The Morgan fingerprint density at radius 2 is 1.14 bits per heavy atom. The molecule has 0 atom stereocenters. The Morgan fingerprint density at radius 1 is 1.00 bits per heavy atom. The topological polar surface area (TPSA) is 0 Å². The predicted octanol–water partition coefficient (Wildman–Crippen LogP) is 3.22. The van der Waals surface area contributed by atoms with Crippen molar-refractivity contribution < 1.29 is 0 Å². The third kappa shape index (κ3) is 96.0. The normalized spacial score (nSPS) is 12.9. The van der Waals surface area contributed by atoms with Crippen molar-refractivity contribution in [2.75, 3.05) is 0 Å². The fraction of sp³-hybridized carbons (Fsp3) is 1.00. The average Bonchev–Trinajstić information content (AvgIpc) is 2.11. The van der Waals surface area contributed by atoms with Crippen molar-refractivity contribution in [2.45, 2.75) is 47.0 Å². The Hall–Kier alpha value is 0. The largest absolute Gasteiger partial charge is 0.0776 e. The average molecular weight is 102 g/mol. The lowest BCUT2D eigenvalue weighted by Crippen LogP contribution is -1.27. The summed E-state index contributed by atoms with van der Waals surface area (Å²) >= 11 is 0. The van der Waals surface area contributed by atoms with Gasteiger partial charge in [0.25, 0.3) is 0 Å². The van der Waals surface area contributed by atoms with Crippen LogP contribution in [0.25, 0.3) is 0 Å². The van der Waals surface area contributed by atoms with Gasteiger partial charge < -0.3 is 0 Å². The van der Waals surface area contributed by atoms with Crippen LogP contribution in [0.5, 0.6) is 0 Å². The first-order valence-corrected chi connectivity index (χ1v) is 2.91. The summed E-state index contributed by atoms with van der Waals surface area (Å²) in [5.41, 5.74) is 0. The zero-order valence-corrected chi connectivity index (χ0v) is 4.83. The zero-order valence-electron chi connectivity index (χ0n) is 4.83. The van der Waals surface area contributed by atoms with Gasteiger partial charge in [0.05, 0.1) is 0 Å². The fourth-order valence-corrected chi connectivity index (χ4v) is 0. The molecule has 1 fully saturated rings. The van der Waals surface area contributed by atoms with Gasteiger partial charge in [0.2, 0.25) is 0 Å². The Morgan fingerprint density at radius 3 is 1.14 bits per heavy atom. The van der Waals surface area contributed by atoms with E-state index in [0.717, 1.165) is 0 Å². The van der Waals surface area contributed by atoms with Gasteiger partial charge in [-0.2, -0.15) is 0 Å². The second-order valence-corrected chi connectivity index (χ2v) is 1.77. The van der Waals surface area contributed by atoms with Crippen LogP contribution in [0.1, 0.15) is 47.0 Å². The molecule has 1 aliphatic carbocycles. The van der Waals surface area contributed by atoms with Gasteiger partial charge in [-0.3, -0.25) is 0 Å². The molecule has 0 aliphatic heterocycles. The third-order valence-corrected chi connectivity index (χ3v) is 0.354. The molecule has 1 rings (SSSR count). The van der Waals surface area contributed by atoms with Crippen molar-refractivity contribution in [1.29, 1.82) is 0 Å². The molecule has 0 bridgehead atoms. The van der Waals surface area contributed by atoms with Gasteiger partial charge in [-0.05, 0) is 0 Å². The number of rotatable bonds is 0. The van der Waals surface area contributed by atoms with E-state index >= 15 is 0 Å². The Bertz CT molecular complexity index is 11.2.